The molecule has 0 saturated carbocycles. The van der Waals surface area contributed by atoms with Crippen LogP contribution in [0.3, 0.4) is 0 Å². The average molecular weight is 739 g/mol. The molecule has 0 heterocycles. The van der Waals surface area contributed by atoms with E-state index in [-0.39, 0.29) is 34.8 Å². The van der Waals surface area contributed by atoms with Gasteiger partial charge in [-0.2, -0.15) is 0 Å². The molecular formula is C45H58O5SSi. The first kappa shape index (κ1) is 41.0. The number of ether oxygens (including phenoxy) is 2. The molecule has 0 fully saturated rings. The van der Waals surface area contributed by atoms with E-state index in [9.17, 15) is 8.42 Å². The molecule has 0 amide bonds. The van der Waals surface area contributed by atoms with Gasteiger partial charge in [-0.25, -0.2) is 8.42 Å². The van der Waals surface area contributed by atoms with E-state index in [1.165, 1.54) is 15.9 Å². The molecule has 0 spiro atoms. The SMILES string of the molecule is C/C=C(\C)[C@H](O[Si](c1ccccc1)(c1ccccc1)C(C)(C)C)[C@@H](C)/C=C(\C)[C@@H](OCc1ccc(OC)cc1)[C@@H](C)CCS(=O)(=O)c1ccccc1. The lowest BCUT2D eigenvalue weighted by Gasteiger charge is -2.46. The molecule has 0 aliphatic carbocycles. The molecule has 4 atom stereocenters. The van der Waals surface area contributed by atoms with Crippen LogP contribution < -0.4 is 15.1 Å². The van der Waals surface area contributed by atoms with E-state index >= 15 is 0 Å². The Balaban J connectivity index is 1.72. The Morgan fingerprint density at radius 2 is 1.27 bits per heavy atom. The first-order valence-corrected chi connectivity index (χ1v) is 21.9. The molecule has 0 aliphatic rings. The van der Waals surface area contributed by atoms with Gasteiger partial charge in [-0.3, -0.25) is 0 Å². The van der Waals surface area contributed by atoms with Gasteiger partial charge in [0, 0.05) is 5.92 Å². The molecule has 0 unspecified atom stereocenters. The topological polar surface area (TPSA) is 61.8 Å². The zero-order valence-electron chi connectivity index (χ0n) is 32.5. The van der Waals surface area contributed by atoms with Gasteiger partial charge in [-0.1, -0.05) is 138 Å². The van der Waals surface area contributed by atoms with Crippen LogP contribution in [0.15, 0.2) is 143 Å². The Bertz CT molecular complexity index is 1810. The standard InChI is InChI=1S/C45H58O5SSi/c1-10-34(2)44(50-52(45(6,7)8,41-22-16-12-17-23-41)42-24-18-13-19-25-42)37(5)32-36(4)43(49-33-38-26-28-39(48-9)29-27-38)35(3)30-31-51(46,47)40-20-14-11-15-21-40/h10-29,32,35,37,43-44H,30-31,33H2,1-9H3/b34-10+,36-32+/t35-,37-,43-,44-/m0/s1. The van der Waals surface area contributed by atoms with Gasteiger partial charge in [0.05, 0.1) is 36.6 Å². The second-order valence-corrected chi connectivity index (χ2v) is 21.3. The fraction of sp³-hybridized carbons (Fsp3) is 0.378. The van der Waals surface area contributed by atoms with Crippen molar-refractivity contribution in [3.05, 3.63) is 144 Å². The van der Waals surface area contributed by atoms with Crippen LogP contribution in [-0.4, -0.2) is 41.8 Å². The van der Waals surface area contributed by atoms with Crippen molar-refractivity contribution in [1.29, 1.82) is 0 Å². The van der Waals surface area contributed by atoms with Crippen molar-refractivity contribution in [1.82, 2.24) is 0 Å². The first-order valence-electron chi connectivity index (χ1n) is 18.4. The largest absolute Gasteiger partial charge is 0.497 e. The van der Waals surface area contributed by atoms with E-state index < -0.39 is 18.2 Å². The predicted octanol–water partition coefficient (Wildman–Crippen LogP) is 9.57. The highest BCUT2D eigenvalue weighted by Crippen LogP contribution is 2.40. The smallest absolute Gasteiger partial charge is 0.261 e. The minimum atomic E-state index is -3.44. The molecule has 0 aromatic heterocycles. The minimum absolute atomic E-state index is 0.00909. The lowest BCUT2D eigenvalue weighted by Crippen LogP contribution is -2.68. The number of benzene rings is 4. The van der Waals surface area contributed by atoms with Crippen molar-refractivity contribution in [3.8, 4) is 5.75 Å². The third-order valence-electron chi connectivity index (χ3n) is 10.1. The quantitative estimate of drug-likeness (QED) is 0.0798. The van der Waals surface area contributed by atoms with Gasteiger partial charge in [0.1, 0.15) is 5.75 Å². The number of allylic oxidation sites excluding steroid dienone is 1. The van der Waals surface area contributed by atoms with Crippen LogP contribution >= 0.6 is 0 Å². The van der Waals surface area contributed by atoms with Gasteiger partial charge >= 0.3 is 0 Å². The zero-order valence-corrected chi connectivity index (χ0v) is 34.3. The molecule has 7 heteroatoms. The summed E-state index contributed by atoms with van der Waals surface area (Å²) < 4.78 is 46.4. The third-order valence-corrected chi connectivity index (χ3v) is 16.9. The molecule has 52 heavy (non-hydrogen) atoms. The van der Waals surface area contributed by atoms with Crippen LogP contribution in [0.5, 0.6) is 5.75 Å². The third kappa shape index (κ3) is 10.0. The molecule has 278 valence electrons. The minimum Gasteiger partial charge on any atom is -0.497 e. The van der Waals surface area contributed by atoms with Crippen molar-refractivity contribution >= 4 is 28.5 Å². The zero-order chi connectivity index (χ0) is 37.9. The summed E-state index contributed by atoms with van der Waals surface area (Å²) in [6.45, 7) is 18.0. The number of rotatable bonds is 17. The van der Waals surface area contributed by atoms with Crippen molar-refractivity contribution in [2.24, 2.45) is 11.8 Å². The monoisotopic (exact) mass is 738 g/mol. The highest BCUT2D eigenvalue weighted by atomic mass is 32.2. The molecular weight excluding hydrogens is 681 g/mol. The molecule has 4 aromatic carbocycles. The van der Waals surface area contributed by atoms with Gasteiger partial charge in [0.25, 0.3) is 8.32 Å². The van der Waals surface area contributed by atoms with Crippen molar-refractivity contribution < 1.29 is 22.3 Å². The van der Waals surface area contributed by atoms with Gasteiger partial charge in [-0.15, -0.1) is 0 Å². The molecule has 0 saturated heterocycles. The Kier molecular flexibility index (Phi) is 14.5. The number of methoxy groups -OCH3 is 1. The molecule has 0 radical (unpaired) electrons. The maximum absolute atomic E-state index is 13.3. The maximum Gasteiger partial charge on any atom is 0.261 e. The van der Waals surface area contributed by atoms with Gasteiger partial charge in [0.2, 0.25) is 0 Å². The average Bonchev–Trinajstić information content (AvgIpc) is 3.15. The van der Waals surface area contributed by atoms with Gasteiger partial charge in [-0.05, 0) is 89.5 Å². The molecule has 0 N–H and O–H groups in total. The second-order valence-electron chi connectivity index (χ2n) is 15.0. The van der Waals surface area contributed by atoms with Crippen LogP contribution in [0.1, 0.15) is 67.4 Å². The second kappa shape index (κ2) is 18.3. The fourth-order valence-corrected chi connectivity index (χ4v) is 13.4. The van der Waals surface area contributed by atoms with Gasteiger partial charge in [0.15, 0.2) is 9.84 Å². The molecule has 4 aromatic rings. The van der Waals surface area contributed by atoms with E-state index in [1.807, 2.05) is 30.3 Å². The van der Waals surface area contributed by atoms with E-state index in [2.05, 4.69) is 128 Å². The molecule has 5 nitrogen and oxygen atoms in total. The first-order chi connectivity index (χ1) is 24.7. The van der Waals surface area contributed by atoms with E-state index in [4.69, 9.17) is 13.9 Å². The predicted molar refractivity (Wildman–Crippen MR) is 219 cm³/mol. The van der Waals surface area contributed by atoms with E-state index in [1.54, 1.807) is 31.4 Å². The van der Waals surface area contributed by atoms with Crippen molar-refractivity contribution in [2.75, 3.05) is 12.9 Å². The molecule has 0 bridgehead atoms. The van der Waals surface area contributed by atoms with E-state index in [0.29, 0.717) is 17.9 Å². The number of hydrogen-bond donors (Lipinski definition) is 0. The Morgan fingerprint density at radius 1 is 0.750 bits per heavy atom. The number of hydrogen-bond acceptors (Lipinski definition) is 5. The normalized spacial score (nSPS) is 15.5. The fourth-order valence-electron chi connectivity index (χ4n) is 7.15. The van der Waals surface area contributed by atoms with Crippen LogP contribution in [0.4, 0.5) is 0 Å². The summed E-state index contributed by atoms with van der Waals surface area (Å²) in [6.07, 6.45) is 4.39. The molecule has 4 rings (SSSR count). The maximum atomic E-state index is 13.3. The summed E-state index contributed by atoms with van der Waals surface area (Å²) in [7, 11) is -4.65. The summed E-state index contributed by atoms with van der Waals surface area (Å²) in [6, 6.07) is 38.1. The Hall–Kier alpha value is -3.75. The van der Waals surface area contributed by atoms with Gasteiger partial charge < -0.3 is 13.9 Å². The Labute approximate surface area is 314 Å². The van der Waals surface area contributed by atoms with Crippen LogP contribution in [-0.2, 0) is 25.6 Å². The summed E-state index contributed by atoms with van der Waals surface area (Å²) in [4.78, 5) is 0.351. The lowest BCUT2D eigenvalue weighted by molar-refractivity contribution is 0.0285. The number of sulfone groups is 1. The molecule has 0 aliphatic heterocycles. The van der Waals surface area contributed by atoms with Crippen molar-refractivity contribution in [3.63, 3.8) is 0 Å². The summed E-state index contributed by atoms with van der Waals surface area (Å²) in [5, 5.41) is 2.30. The van der Waals surface area contributed by atoms with Crippen LogP contribution in [0.25, 0.3) is 0 Å². The summed E-state index contributed by atoms with van der Waals surface area (Å²) in [5.74, 6) is 0.751. The highest BCUT2D eigenvalue weighted by Gasteiger charge is 2.52. The van der Waals surface area contributed by atoms with Crippen LogP contribution in [0.2, 0.25) is 5.04 Å². The van der Waals surface area contributed by atoms with E-state index in [0.717, 1.165) is 16.9 Å². The van der Waals surface area contributed by atoms with Crippen LogP contribution in [0, 0.1) is 11.8 Å². The highest BCUT2D eigenvalue weighted by molar-refractivity contribution is 7.91. The lowest BCUT2D eigenvalue weighted by atomic mass is 9.90. The Morgan fingerprint density at radius 3 is 1.75 bits per heavy atom. The summed E-state index contributed by atoms with van der Waals surface area (Å²) in [5.41, 5.74) is 3.25. The van der Waals surface area contributed by atoms with Crippen molar-refractivity contribution in [2.45, 2.75) is 90.6 Å². The summed E-state index contributed by atoms with van der Waals surface area (Å²) >= 11 is 0.